The normalized spacial score (nSPS) is 12.2. The highest BCUT2D eigenvalue weighted by Crippen LogP contribution is 2.44. The molecule has 0 atom stereocenters. The van der Waals surface area contributed by atoms with Gasteiger partial charge in [0.15, 0.2) is 17.5 Å². The molecule has 0 saturated heterocycles. The zero-order valence-corrected chi connectivity index (χ0v) is 31.0. The number of benzene rings is 9. The Hall–Kier alpha value is -7.41. The summed E-state index contributed by atoms with van der Waals surface area (Å²) in [5.74, 6) is 1.84. The van der Waals surface area contributed by atoms with E-state index in [1.54, 1.807) is 11.3 Å². The van der Waals surface area contributed by atoms with Gasteiger partial charge in [-0.15, -0.1) is 11.3 Å². The lowest BCUT2D eigenvalue weighted by atomic mass is 9.92. The van der Waals surface area contributed by atoms with Crippen LogP contribution in [0.2, 0.25) is 0 Å². The highest BCUT2D eigenvalue weighted by molar-refractivity contribution is 7.26. The quantitative estimate of drug-likeness (QED) is 0.168. The maximum absolute atomic E-state index is 6.30. The lowest BCUT2D eigenvalue weighted by molar-refractivity contribution is 0.669. The van der Waals surface area contributed by atoms with Gasteiger partial charge in [0.25, 0.3) is 0 Å². The van der Waals surface area contributed by atoms with Crippen LogP contribution in [0.25, 0.3) is 131 Å². The van der Waals surface area contributed by atoms with Crippen LogP contribution in [0, 0.1) is 0 Å². The van der Waals surface area contributed by atoms with Gasteiger partial charge in [0.05, 0.1) is 0 Å². The second kappa shape index (κ2) is 11.6. The predicted molar refractivity (Wildman–Crippen MR) is 235 cm³/mol. The summed E-state index contributed by atoms with van der Waals surface area (Å²) in [6, 6.07) is 57.4. The number of furan rings is 2. The fourth-order valence-electron chi connectivity index (χ4n) is 8.85. The van der Waals surface area contributed by atoms with Crippen LogP contribution < -0.4 is 0 Å². The van der Waals surface area contributed by atoms with E-state index in [0.717, 1.165) is 65.6 Å². The van der Waals surface area contributed by atoms with Gasteiger partial charge in [-0.1, -0.05) is 115 Å². The molecular formula is C51H27N3O2S. The summed E-state index contributed by atoms with van der Waals surface area (Å²) in [6.45, 7) is 0. The molecule has 0 fully saturated rings. The largest absolute Gasteiger partial charge is 0.456 e. The molecule has 13 rings (SSSR count). The van der Waals surface area contributed by atoms with Crippen LogP contribution >= 0.6 is 11.3 Å². The van der Waals surface area contributed by atoms with Crippen molar-refractivity contribution in [3.8, 4) is 45.3 Å². The summed E-state index contributed by atoms with van der Waals surface area (Å²) >= 11 is 1.77. The lowest BCUT2D eigenvalue weighted by Gasteiger charge is -2.11. The van der Waals surface area contributed by atoms with Crippen LogP contribution in [0.15, 0.2) is 173 Å². The first kappa shape index (κ1) is 30.9. The van der Waals surface area contributed by atoms with E-state index in [4.69, 9.17) is 23.8 Å². The first-order valence-electron chi connectivity index (χ1n) is 19.0. The van der Waals surface area contributed by atoms with Gasteiger partial charge in [0.2, 0.25) is 0 Å². The van der Waals surface area contributed by atoms with Crippen molar-refractivity contribution in [1.82, 2.24) is 15.0 Å². The van der Waals surface area contributed by atoms with Crippen molar-refractivity contribution in [1.29, 1.82) is 0 Å². The van der Waals surface area contributed by atoms with E-state index in [2.05, 4.69) is 140 Å². The number of hydrogen-bond acceptors (Lipinski definition) is 6. The Morgan fingerprint density at radius 1 is 0.333 bits per heavy atom. The molecule has 57 heavy (non-hydrogen) atoms. The van der Waals surface area contributed by atoms with Crippen LogP contribution in [0.1, 0.15) is 0 Å². The van der Waals surface area contributed by atoms with Gasteiger partial charge in [-0.05, 0) is 81.2 Å². The molecule has 0 saturated carbocycles. The van der Waals surface area contributed by atoms with Crippen molar-refractivity contribution in [3.05, 3.63) is 164 Å². The molecule has 13 aromatic rings. The number of hydrogen-bond donors (Lipinski definition) is 0. The second-order valence-electron chi connectivity index (χ2n) is 14.7. The van der Waals surface area contributed by atoms with Crippen molar-refractivity contribution in [2.45, 2.75) is 0 Å². The zero-order valence-electron chi connectivity index (χ0n) is 30.2. The van der Waals surface area contributed by atoms with E-state index in [1.165, 1.54) is 47.8 Å². The Kier molecular flexibility index (Phi) is 6.26. The van der Waals surface area contributed by atoms with Crippen molar-refractivity contribution in [2.24, 2.45) is 0 Å². The van der Waals surface area contributed by atoms with Crippen LogP contribution in [-0.2, 0) is 0 Å². The molecule has 0 aliphatic carbocycles. The molecule has 0 N–H and O–H groups in total. The van der Waals surface area contributed by atoms with Gasteiger partial charge in [-0.2, -0.15) is 0 Å². The maximum Gasteiger partial charge on any atom is 0.165 e. The Morgan fingerprint density at radius 2 is 0.895 bits per heavy atom. The van der Waals surface area contributed by atoms with Crippen LogP contribution in [0.3, 0.4) is 0 Å². The summed E-state index contributed by atoms with van der Waals surface area (Å²) in [5, 5.41) is 11.8. The van der Waals surface area contributed by atoms with Gasteiger partial charge < -0.3 is 8.83 Å². The fraction of sp³-hybridized carbons (Fsp3) is 0. The zero-order chi connectivity index (χ0) is 37.2. The molecule has 5 nitrogen and oxygen atoms in total. The molecule has 9 aromatic carbocycles. The Balaban J connectivity index is 0.965. The van der Waals surface area contributed by atoms with Crippen LogP contribution in [0.5, 0.6) is 0 Å². The van der Waals surface area contributed by atoms with E-state index >= 15 is 0 Å². The van der Waals surface area contributed by atoms with Crippen molar-refractivity contribution < 1.29 is 8.83 Å². The van der Waals surface area contributed by atoms with E-state index in [-0.39, 0.29) is 0 Å². The topological polar surface area (TPSA) is 65.0 Å². The Bertz CT molecular complexity index is 3760. The average molecular weight is 746 g/mol. The molecular weight excluding hydrogens is 719 g/mol. The molecule has 4 aromatic heterocycles. The standard InChI is InChI=1S/C51H27N3O2S/c1-3-14-41-33(8-1)34-25-23-31(27-44(34)55-41)50-52-49(53-51(54-50)39-13-5-12-38-35-9-2-4-17-45(35)57-48(38)39)29-20-18-28(19-21-29)30-22-24-32-36-10-6-15-42-46(36)47-37(40(32)26-30)11-7-16-43(47)56-42/h1-27H. The van der Waals surface area contributed by atoms with Gasteiger partial charge in [0.1, 0.15) is 22.3 Å². The molecule has 0 spiro atoms. The minimum absolute atomic E-state index is 0.594. The monoisotopic (exact) mass is 745 g/mol. The average Bonchev–Trinajstić information content (AvgIpc) is 3.97. The van der Waals surface area contributed by atoms with Crippen molar-refractivity contribution in [3.63, 3.8) is 0 Å². The van der Waals surface area contributed by atoms with E-state index < -0.39 is 0 Å². The SMILES string of the molecule is c1ccc2c(c1)oc1cc(-c3nc(-c4ccc(-c5ccc6c(c5)c5cccc7oc8cccc6c8c75)cc4)nc(-c4cccc5c4sc4ccccc45)n3)ccc12. The molecule has 0 bridgehead atoms. The predicted octanol–water partition coefficient (Wildman–Crippen LogP) is 14.5. The van der Waals surface area contributed by atoms with E-state index in [0.29, 0.717) is 17.5 Å². The number of para-hydroxylation sites is 1. The third-order valence-electron chi connectivity index (χ3n) is 11.5. The van der Waals surface area contributed by atoms with Crippen LogP contribution in [-0.4, -0.2) is 15.0 Å². The molecule has 0 aliphatic rings. The second-order valence-corrected chi connectivity index (χ2v) is 15.7. The third kappa shape index (κ3) is 4.53. The number of fused-ring (bicyclic) bond motifs is 9. The minimum Gasteiger partial charge on any atom is -0.456 e. The molecule has 0 unspecified atom stereocenters. The summed E-state index contributed by atoms with van der Waals surface area (Å²) < 4.78 is 15.0. The van der Waals surface area contributed by atoms with Crippen molar-refractivity contribution in [2.75, 3.05) is 0 Å². The first-order valence-corrected chi connectivity index (χ1v) is 19.8. The van der Waals surface area contributed by atoms with Gasteiger partial charge in [-0.25, -0.2) is 15.0 Å². The molecule has 0 aliphatic heterocycles. The summed E-state index contributed by atoms with van der Waals surface area (Å²) in [7, 11) is 0. The van der Waals surface area contributed by atoms with Crippen molar-refractivity contribution >= 4 is 96.9 Å². The first-order chi connectivity index (χ1) is 28.2. The summed E-state index contributed by atoms with van der Waals surface area (Å²) in [4.78, 5) is 15.5. The molecule has 0 amide bonds. The third-order valence-corrected chi connectivity index (χ3v) is 12.7. The molecule has 0 radical (unpaired) electrons. The molecule has 4 heterocycles. The highest BCUT2D eigenvalue weighted by Gasteiger charge is 2.20. The van der Waals surface area contributed by atoms with E-state index in [9.17, 15) is 0 Å². The number of rotatable bonds is 4. The minimum atomic E-state index is 0.594. The molecule has 6 heteroatoms. The maximum atomic E-state index is 6.30. The van der Waals surface area contributed by atoms with Crippen LogP contribution in [0.4, 0.5) is 0 Å². The van der Waals surface area contributed by atoms with E-state index in [1.807, 2.05) is 24.3 Å². The smallest absolute Gasteiger partial charge is 0.165 e. The molecule has 264 valence electrons. The Labute approximate surface area is 328 Å². The highest BCUT2D eigenvalue weighted by atomic mass is 32.1. The number of aromatic nitrogens is 3. The van der Waals surface area contributed by atoms with Gasteiger partial charge >= 0.3 is 0 Å². The Morgan fingerprint density at radius 3 is 1.74 bits per heavy atom. The fourth-order valence-corrected chi connectivity index (χ4v) is 10.1. The summed E-state index contributed by atoms with van der Waals surface area (Å²) in [6.07, 6.45) is 0. The van der Waals surface area contributed by atoms with Gasteiger partial charge in [0, 0.05) is 58.4 Å². The number of nitrogens with zero attached hydrogens (tertiary/aromatic N) is 3. The lowest BCUT2D eigenvalue weighted by Crippen LogP contribution is -2.00. The summed E-state index contributed by atoms with van der Waals surface area (Å²) in [5.41, 5.74) is 8.54. The van der Waals surface area contributed by atoms with Gasteiger partial charge in [-0.3, -0.25) is 0 Å². The number of thiophene rings is 1.